The molecule has 170 valence electrons. The first-order chi connectivity index (χ1) is 15.0. The molecule has 0 radical (unpaired) electrons. The van der Waals surface area contributed by atoms with Gasteiger partial charge in [0.1, 0.15) is 5.82 Å². The Morgan fingerprint density at radius 3 is 2.88 bits per heavy atom. The van der Waals surface area contributed by atoms with E-state index in [-0.39, 0.29) is 35.8 Å². The minimum Gasteiger partial charge on any atom is -0.356 e. The van der Waals surface area contributed by atoms with E-state index in [0.717, 1.165) is 65.3 Å². The van der Waals surface area contributed by atoms with Gasteiger partial charge in [-0.1, -0.05) is 5.16 Å². The number of carbonyl (C=O) groups is 2. The molecule has 2 aromatic heterocycles. The van der Waals surface area contributed by atoms with Crippen molar-refractivity contribution in [3.63, 3.8) is 0 Å². The second kappa shape index (κ2) is 9.29. The van der Waals surface area contributed by atoms with Gasteiger partial charge in [-0.25, -0.2) is 4.39 Å². The largest absolute Gasteiger partial charge is 0.356 e. The molecule has 4 heterocycles. The summed E-state index contributed by atoms with van der Waals surface area (Å²) in [5.41, 5.74) is 2.78. The van der Waals surface area contributed by atoms with E-state index in [1.807, 2.05) is 6.92 Å². The molecule has 1 fully saturated rings. The zero-order chi connectivity index (χ0) is 21.5. The lowest BCUT2D eigenvalue weighted by atomic mass is 9.91. The molecule has 9 heteroatoms. The summed E-state index contributed by atoms with van der Waals surface area (Å²) in [6.07, 6.45) is 3.90. The molecule has 1 aromatic carbocycles. The van der Waals surface area contributed by atoms with Crippen LogP contribution in [-0.2, 0) is 11.2 Å². The van der Waals surface area contributed by atoms with Gasteiger partial charge in [-0.2, -0.15) is 0 Å². The number of nitrogens with one attached hydrogen (secondary N) is 1. The van der Waals surface area contributed by atoms with Crippen LogP contribution in [0, 0.1) is 12.7 Å². The number of benzene rings is 1. The lowest BCUT2D eigenvalue weighted by Gasteiger charge is -2.30. The minimum atomic E-state index is -0.332. The number of fused-ring (bicyclic) bond motifs is 2. The number of hydrogen-bond acceptors (Lipinski definition) is 6. The molecule has 32 heavy (non-hydrogen) atoms. The molecule has 1 saturated heterocycles. The number of hydrogen-bond donors (Lipinski definition) is 1. The Morgan fingerprint density at radius 2 is 2.09 bits per heavy atom. The first-order valence-electron chi connectivity index (χ1n) is 10.7. The van der Waals surface area contributed by atoms with Crippen LogP contribution in [0.4, 0.5) is 10.1 Å². The fourth-order valence-corrected chi connectivity index (χ4v) is 5.92. The molecule has 6 nitrogen and oxygen atoms in total. The van der Waals surface area contributed by atoms with E-state index in [4.69, 9.17) is 4.52 Å². The quantitative estimate of drug-likeness (QED) is 0.529. The summed E-state index contributed by atoms with van der Waals surface area (Å²) in [6.45, 7) is 3.87. The summed E-state index contributed by atoms with van der Waals surface area (Å²) >= 11 is 1.62. The molecule has 0 saturated carbocycles. The van der Waals surface area contributed by atoms with Crippen molar-refractivity contribution in [3.8, 4) is 0 Å². The zero-order valence-electron chi connectivity index (χ0n) is 17.8. The molecular formula is C23H25ClFN3O3S. The second-order valence-corrected chi connectivity index (χ2v) is 9.72. The number of amides is 1. The number of halogens is 2. The summed E-state index contributed by atoms with van der Waals surface area (Å²) in [6, 6.07) is 4.53. The molecule has 1 N–H and O–H groups in total. The molecule has 2 aliphatic heterocycles. The summed E-state index contributed by atoms with van der Waals surface area (Å²) in [5, 5.41) is 8.02. The average Bonchev–Trinajstić information content (AvgIpc) is 3.23. The van der Waals surface area contributed by atoms with E-state index in [0.29, 0.717) is 24.1 Å². The van der Waals surface area contributed by atoms with Gasteiger partial charge in [0.25, 0.3) is 0 Å². The van der Waals surface area contributed by atoms with Crippen LogP contribution >= 0.6 is 23.7 Å². The van der Waals surface area contributed by atoms with Crippen LogP contribution < -0.4 is 5.32 Å². The first kappa shape index (κ1) is 22.9. The monoisotopic (exact) mass is 477 g/mol. The summed E-state index contributed by atoms with van der Waals surface area (Å²) in [4.78, 5) is 29.4. The Morgan fingerprint density at radius 1 is 1.31 bits per heavy atom. The predicted octanol–water partition coefficient (Wildman–Crippen LogP) is 5.10. The predicted molar refractivity (Wildman–Crippen MR) is 125 cm³/mol. The van der Waals surface area contributed by atoms with Crippen LogP contribution in [-0.4, -0.2) is 41.4 Å². The number of anilines is 1. The van der Waals surface area contributed by atoms with Crippen molar-refractivity contribution in [2.75, 3.05) is 25.0 Å². The first-order valence-corrected chi connectivity index (χ1v) is 11.5. The summed E-state index contributed by atoms with van der Waals surface area (Å²) < 4.78 is 18.7. The van der Waals surface area contributed by atoms with Gasteiger partial charge in [-0.3, -0.25) is 14.5 Å². The van der Waals surface area contributed by atoms with E-state index in [2.05, 4.69) is 15.4 Å². The maximum atomic E-state index is 13.4. The molecule has 2 aliphatic rings. The third kappa shape index (κ3) is 4.31. The summed E-state index contributed by atoms with van der Waals surface area (Å²) in [7, 11) is 0. The minimum absolute atomic E-state index is 0. The van der Waals surface area contributed by atoms with Crippen molar-refractivity contribution >= 4 is 52.1 Å². The maximum absolute atomic E-state index is 13.4. The van der Waals surface area contributed by atoms with Gasteiger partial charge in [0.2, 0.25) is 5.91 Å². The zero-order valence-corrected chi connectivity index (χ0v) is 19.4. The molecule has 0 aliphatic carbocycles. The molecule has 1 amide bonds. The van der Waals surface area contributed by atoms with Gasteiger partial charge in [0, 0.05) is 33.5 Å². The normalized spacial score (nSPS) is 17.5. The molecule has 5 rings (SSSR count). The summed E-state index contributed by atoms with van der Waals surface area (Å²) in [5.74, 6) is -0.0398. The Balaban J connectivity index is 0.00000245. The molecule has 0 atom stereocenters. The van der Waals surface area contributed by atoms with Crippen LogP contribution in [0.2, 0.25) is 0 Å². The van der Waals surface area contributed by atoms with Crippen LogP contribution in [0.3, 0.4) is 0 Å². The van der Waals surface area contributed by atoms with Crippen LogP contribution in [0.1, 0.15) is 57.4 Å². The number of nitrogens with zero attached hydrogens (tertiary/aromatic N) is 2. The third-order valence-corrected chi connectivity index (χ3v) is 7.48. The van der Waals surface area contributed by atoms with Gasteiger partial charge in [-0.05, 0) is 57.8 Å². The van der Waals surface area contributed by atoms with Gasteiger partial charge in [0.05, 0.1) is 23.5 Å². The molecular weight excluding hydrogens is 453 g/mol. The van der Waals surface area contributed by atoms with E-state index in [1.54, 1.807) is 17.4 Å². The van der Waals surface area contributed by atoms with E-state index in [9.17, 15) is 14.0 Å². The highest BCUT2D eigenvalue weighted by molar-refractivity contribution is 7.13. The lowest BCUT2D eigenvalue weighted by Crippen LogP contribution is -2.37. The molecule has 0 unspecified atom stereocenters. The van der Waals surface area contributed by atoms with Gasteiger partial charge < -0.3 is 9.84 Å². The number of likely N-dealkylation sites (tertiary alicyclic amines) is 1. The Bertz CT molecular complexity index is 1170. The van der Waals surface area contributed by atoms with Gasteiger partial charge >= 0.3 is 0 Å². The van der Waals surface area contributed by atoms with Crippen molar-refractivity contribution in [2.24, 2.45) is 0 Å². The fraction of sp³-hybridized carbons (Fsp3) is 0.435. The standard InChI is InChI=1S/C23H24FN3O3S.ClH/c1-13-21(23-19(31-13)3-2-4-20(29)25-23)17(28)12-27-9-7-14(8-10-27)22-16-6-5-15(24)11-18(16)30-26-22;/h5-6,11,14H,2-4,7-10,12H2,1H3,(H,25,29);1H. The van der Waals surface area contributed by atoms with E-state index < -0.39 is 0 Å². The van der Waals surface area contributed by atoms with Crippen molar-refractivity contribution in [1.29, 1.82) is 0 Å². The van der Waals surface area contributed by atoms with Gasteiger partial charge in [-0.15, -0.1) is 23.7 Å². The molecule has 0 spiro atoms. The average molecular weight is 478 g/mol. The SMILES string of the molecule is Cc1sc2c(c1C(=O)CN1CCC(c3noc4cc(F)ccc34)CC1)NC(=O)CCC2.Cl. The Labute approximate surface area is 195 Å². The van der Waals surface area contributed by atoms with Crippen molar-refractivity contribution < 1.29 is 18.5 Å². The van der Waals surface area contributed by atoms with Crippen molar-refractivity contribution in [1.82, 2.24) is 10.1 Å². The van der Waals surface area contributed by atoms with E-state index >= 15 is 0 Å². The third-order valence-electron chi connectivity index (χ3n) is 6.31. The number of rotatable bonds is 4. The number of piperidine rings is 1. The van der Waals surface area contributed by atoms with Crippen molar-refractivity contribution in [3.05, 3.63) is 45.0 Å². The lowest BCUT2D eigenvalue weighted by molar-refractivity contribution is -0.116. The van der Waals surface area contributed by atoms with Crippen LogP contribution in [0.25, 0.3) is 11.0 Å². The topological polar surface area (TPSA) is 75.4 Å². The molecule has 0 bridgehead atoms. The fourth-order valence-electron chi connectivity index (χ4n) is 4.73. The molecule has 3 aromatic rings. The van der Waals surface area contributed by atoms with Crippen LogP contribution in [0.15, 0.2) is 22.7 Å². The highest BCUT2D eigenvalue weighted by Gasteiger charge is 2.29. The number of ketones is 1. The number of thiophene rings is 1. The maximum Gasteiger partial charge on any atom is 0.224 e. The Hall–Kier alpha value is -2.29. The number of aromatic nitrogens is 1. The van der Waals surface area contributed by atoms with Crippen LogP contribution in [0.5, 0.6) is 0 Å². The highest BCUT2D eigenvalue weighted by atomic mass is 35.5. The number of Topliss-reactive ketones (excluding diaryl/α,β-unsaturated/α-hetero) is 1. The van der Waals surface area contributed by atoms with Crippen molar-refractivity contribution in [2.45, 2.75) is 44.9 Å². The number of aryl methyl sites for hydroxylation is 2. The van der Waals surface area contributed by atoms with Gasteiger partial charge in [0.15, 0.2) is 11.4 Å². The van der Waals surface area contributed by atoms with E-state index in [1.165, 1.54) is 12.1 Å². The Kier molecular flexibility index (Phi) is 6.65. The smallest absolute Gasteiger partial charge is 0.224 e. The second-order valence-electron chi connectivity index (χ2n) is 8.42. The highest BCUT2D eigenvalue weighted by Crippen LogP contribution is 2.37. The number of carbonyl (C=O) groups excluding carboxylic acids is 2.